The van der Waals surface area contributed by atoms with E-state index in [0.717, 1.165) is 32.2 Å². The minimum Gasteiger partial charge on any atom is -0.481 e. The second-order valence-corrected chi connectivity index (χ2v) is 6.82. The summed E-state index contributed by atoms with van der Waals surface area (Å²) in [5.41, 5.74) is 0. The third-order valence-corrected chi connectivity index (χ3v) is 5.27. The van der Waals surface area contributed by atoms with Crippen LogP contribution in [-0.2, 0) is 9.59 Å². The molecule has 0 spiro atoms. The van der Waals surface area contributed by atoms with Gasteiger partial charge in [-0.1, -0.05) is 20.3 Å². The second kappa shape index (κ2) is 6.15. The summed E-state index contributed by atoms with van der Waals surface area (Å²) in [5, 5.41) is 9.39. The van der Waals surface area contributed by atoms with Crippen LogP contribution < -0.4 is 0 Å². The van der Waals surface area contributed by atoms with Gasteiger partial charge in [-0.25, -0.2) is 0 Å². The monoisotopic (exact) mass is 281 g/mol. The summed E-state index contributed by atoms with van der Waals surface area (Å²) < 4.78 is 0. The lowest BCUT2D eigenvalue weighted by atomic mass is 9.90. The van der Waals surface area contributed by atoms with E-state index in [-0.39, 0.29) is 17.9 Å². The normalized spacial score (nSPS) is 38.0. The van der Waals surface area contributed by atoms with E-state index >= 15 is 0 Å². The van der Waals surface area contributed by atoms with Crippen LogP contribution in [0, 0.1) is 23.7 Å². The van der Waals surface area contributed by atoms with E-state index in [4.69, 9.17) is 0 Å². The van der Waals surface area contributed by atoms with Gasteiger partial charge in [0.05, 0.1) is 11.8 Å². The van der Waals surface area contributed by atoms with Crippen LogP contribution in [0.25, 0.3) is 0 Å². The van der Waals surface area contributed by atoms with Crippen LogP contribution in [0.1, 0.15) is 52.9 Å². The summed E-state index contributed by atoms with van der Waals surface area (Å²) in [6.45, 7) is 7.14. The highest BCUT2D eigenvalue weighted by Gasteiger charge is 2.44. The van der Waals surface area contributed by atoms with Gasteiger partial charge in [-0.15, -0.1) is 0 Å². The zero-order valence-electron chi connectivity index (χ0n) is 12.8. The van der Waals surface area contributed by atoms with Gasteiger partial charge in [-0.05, 0) is 44.4 Å². The SMILES string of the molecule is CCC1CC(C(=O)O)C(C(=O)N2CC(C)CCC2C)C1. The summed E-state index contributed by atoms with van der Waals surface area (Å²) in [7, 11) is 0. The first-order valence-corrected chi connectivity index (χ1v) is 7.97. The Morgan fingerprint density at radius 2 is 1.80 bits per heavy atom. The summed E-state index contributed by atoms with van der Waals surface area (Å²) in [6.07, 6.45) is 4.59. The van der Waals surface area contributed by atoms with Crippen LogP contribution >= 0.6 is 0 Å². The molecule has 4 nitrogen and oxygen atoms in total. The first-order valence-electron chi connectivity index (χ1n) is 7.97. The molecule has 0 radical (unpaired) electrons. The Hall–Kier alpha value is -1.06. The number of piperidine rings is 1. The standard InChI is InChI=1S/C16H27NO3/c1-4-12-7-13(14(8-12)16(19)20)15(18)17-9-10(2)5-6-11(17)3/h10-14H,4-9H2,1-3H3,(H,19,20). The van der Waals surface area contributed by atoms with Gasteiger partial charge in [0.2, 0.25) is 5.91 Å². The maximum absolute atomic E-state index is 12.8. The van der Waals surface area contributed by atoms with Crippen molar-refractivity contribution in [2.45, 2.75) is 58.9 Å². The largest absolute Gasteiger partial charge is 0.481 e. The lowest BCUT2D eigenvalue weighted by Gasteiger charge is -2.38. The molecule has 20 heavy (non-hydrogen) atoms. The molecule has 114 valence electrons. The molecule has 0 aromatic heterocycles. The smallest absolute Gasteiger partial charge is 0.307 e. The van der Waals surface area contributed by atoms with Gasteiger partial charge in [0.25, 0.3) is 0 Å². The summed E-state index contributed by atoms with van der Waals surface area (Å²) in [6, 6.07) is 0.258. The molecular formula is C16H27NO3. The Morgan fingerprint density at radius 3 is 2.40 bits per heavy atom. The number of likely N-dealkylation sites (tertiary alicyclic amines) is 1. The highest BCUT2D eigenvalue weighted by atomic mass is 16.4. The third kappa shape index (κ3) is 2.99. The predicted molar refractivity (Wildman–Crippen MR) is 77.2 cm³/mol. The molecule has 1 aliphatic heterocycles. The maximum Gasteiger partial charge on any atom is 0.307 e. The Kier molecular flexibility index (Phi) is 4.71. The van der Waals surface area contributed by atoms with Gasteiger partial charge in [0.15, 0.2) is 0 Å². The maximum atomic E-state index is 12.8. The number of nitrogens with zero attached hydrogens (tertiary/aromatic N) is 1. The van der Waals surface area contributed by atoms with Crippen LogP contribution in [0.15, 0.2) is 0 Å². The molecule has 5 atom stereocenters. The molecular weight excluding hydrogens is 254 g/mol. The van der Waals surface area contributed by atoms with Gasteiger partial charge in [-0.3, -0.25) is 9.59 Å². The number of amides is 1. The van der Waals surface area contributed by atoms with Crippen molar-refractivity contribution in [3.63, 3.8) is 0 Å². The lowest BCUT2D eigenvalue weighted by Crippen LogP contribution is -2.48. The van der Waals surface area contributed by atoms with E-state index in [2.05, 4.69) is 20.8 Å². The molecule has 0 aromatic carbocycles. The molecule has 1 aliphatic carbocycles. The second-order valence-electron chi connectivity index (χ2n) is 6.82. The number of hydrogen-bond donors (Lipinski definition) is 1. The first-order chi connectivity index (χ1) is 9.43. The van der Waals surface area contributed by atoms with E-state index in [1.807, 2.05) is 4.90 Å². The van der Waals surface area contributed by atoms with Crippen LogP contribution in [0.2, 0.25) is 0 Å². The minimum absolute atomic E-state index is 0.0902. The van der Waals surface area contributed by atoms with Crippen molar-refractivity contribution in [2.75, 3.05) is 6.54 Å². The van der Waals surface area contributed by atoms with E-state index in [1.54, 1.807) is 0 Å². The van der Waals surface area contributed by atoms with Crippen molar-refractivity contribution >= 4 is 11.9 Å². The fraction of sp³-hybridized carbons (Fsp3) is 0.875. The van der Waals surface area contributed by atoms with Crippen molar-refractivity contribution in [3.8, 4) is 0 Å². The fourth-order valence-electron chi connectivity index (χ4n) is 3.83. The van der Waals surface area contributed by atoms with Crippen LogP contribution in [0.4, 0.5) is 0 Å². The quantitative estimate of drug-likeness (QED) is 0.865. The number of carboxylic acids is 1. The number of aliphatic carboxylic acids is 1. The van der Waals surface area contributed by atoms with Crippen LogP contribution in [0.5, 0.6) is 0 Å². The zero-order chi connectivity index (χ0) is 14.9. The number of hydrogen-bond acceptors (Lipinski definition) is 2. The van der Waals surface area contributed by atoms with Gasteiger partial charge >= 0.3 is 5.97 Å². The molecule has 1 saturated heterocycles. The van der Waals surface area contributed by atoms with Crippen molar-refractivity contribution in [1.29, 1.82) is 0 Å². The Morgan fingerprint density at radius 1 is 1.15 bits per heavy atom. The van der Waals surface area contributed by atoms with Gasteiger partial charge < -0.3 is 10.0 Å². The predicted octanol–water partition coefficient (Wildman–Crippen LogP) is 2.77. The zero-order valence-corrected chi connectivity index (χ0v) is 12.8. The first kappa shape index (κ1) is 15.3. The average molecular weight is 281 g/mol. The fourth-order valence-corrected chi connectivity index (χ4v) is 3.83. The van der Waals surface area contributed by atoms with Crippen molar-refractivity contribution < 1.29 is 14.7 Å². The number of rotatable bonds is 3. The molecule has 0 aromatic rings. The number of carbonyl (C=O) groups is 2. The van der Waals surface area contributed by atoms with E-state index in [9.17, 15) is 14.7 Å². The molecule has 1 saturated carbocycles. The summed E-state index contributed by atoms with van der Waals surface area (Å²) in [5.74, 6) is -0.559. The van der Waals surface area contributed by atoms with Crippen LogP contribution in [0.3, 0.4) is 0 Å². The van der Waals surface area contributed by atoms with E-state index in [0.29, 0.717) is 18.3 Å². The summed E-state index contributed by atoms with van der Waals surface area (Å²) in [4.78, 5) is 26.2. The molecule has 4 heteroatoms. The summed E-state index contributed by atoms with van der Waals surface area (Å²) >= 11 is 0. The van der Waals surface area contributed by atoms with Crippen molar-refractivity contribution in [2.24, 2.45) is 23.7 Å². The minimum atomic E-state index is -0.794. The number of carbonyl (C=O) groups excluding carboxylic acids is 1. The van der Waals surface area contributed by atoms with Crippen LogP contribution in [-0.4, -0.2) is 34.5 Å². The lowest BCUT2D eigenvalue weighted by molar-refractivity contribution is -0.151. The molecule has 2 aliphatic rings. The number of carboxylic acid groups (broad SMARTS) is 1. The van der Waals surface area contributed by atoms with Gasteiger partial charge in [0.1, 0.15) is 0 Å². The van der Waals surface area contributed by atoms with Gasteiger partial charge in [-0.2, -0.15) is 0 Å². The molecule has 5 unspecified atom stereocenters. The Bertz CT molecular complexity index is 382. The van der Waals surface area contributed by atoms with Crippen molar-refractivity contribution in [3.05, 3.63) is 0 Å². The highest BCUT2D eigenvalue weighted by molar-refractivity contribution is 5.85. The third-order valence-electron chi connectivity index (χ3n) is 5.27. The Balaban J connectivity index is 2.11. The topological polar surface area (TPSA) is 57.6 Å². The van der Waals surface area contributed by atoms with E-state index < -0.39 is 11.9 Å². The average Bonchev–Trinajstić information content (AvgIpc) is 2.85. The van der Waals surface area contributed by atoms with E-state index in [1.165, 1.54) is 0 Å². The molecule has 1 N–H and O–H groups in total. The van der Waals surface area contributed by atoms with Crippen molar-refractivity contribution in [1.82, 2.24) is 4.90 Å². The molecule has 1 heterocycles. The molecule has 2 rings (SSSR count). The molecule has 0 bridgehead atoms. The van der Waals surface area contributed by atoms with Gasteiger partial charge in [0, 0.05) is 12.6 Å². The molecule has 1 amide bonds. The Labute approximate surface area is 121 Å². The highest BCUT2D eigenvalue weighted by Crippen LogP contribution is 2.40. The molecule has 2 fully saturated rings.